The van der Waals surface area contributed by atoms with E-state index in [-0.39, 0.29) is 6.42 Å². The molecular formula is C23H39NO18. The summed E-state index contributed by atoms with van der Waals surface area (Å²) in [6, 6.07) is -1.51. The molecule has 3 heterocycles. The van der Waals surface area contributed by atoms with E-state index in [4.69, 9.17) is 23.7 Å². The maximum Gasteiger partial charge on any atom is 0.364 e. The van der Waals surface area contributed by atoms with E-state index in [1.165, 1.54) is 0 Å². The fourth-order valence-electron chi connectivity index (χ4n) is 5.15. The summed E-state index contributed by atoms with van der Waals surface area (Å²) in [6.07, 6.45) is -24.2. The lowest BCUT2D eigenvalue weighted by molar-refractivity contribution is -0.379. The van der Waals surface area contributed by atoms with Crippen LogP contribution in [0.25, 0.3) is 0 Å². The van der Waals surface area contributed by atoms with Crippen molar-refractivity contribution in [2.75, 3.05) is 19.8 Å². The number of amides is 1. The van der Waals surface area contributed by atoms with Crippen molar-refractivity contribution in [1.29, 1.82) is 0 Å². The summed E-state index contributed by atoms with van der Waals surface area (Å²) < 4.78 is 27.0. The van der Waals surface area contributed by atoms with Gasteiger partial charge in [-0.3, -0.25) is 4.79 Å². The highest BCUT2D eigenvalue weighted by Crippen LogP contribution is 2.38. The van der Waals surface area contributed by atoms with Gasteiger partial charge < -0.3 is 85.2 Å². The van der Waals surface area contributed by atoms with Crippen LogP contribution in [0.5, 0.6) is 0 Å². The molecule has 19 heteroatoms. The molecule has 0 saturated carbocycles. The van der Waals surface area contributed by atoms with E-state index in [0.29, 0.717) is 0 Å². The normalized spacial score (nSPS) is 44.3. The van der Waals surface area contributed by atoms with Crippen molar-refractivity contribution in [3.05, 3.63) is 0 Å². The highest BCUT2D eigenvalue weighted by Gasteiger charge is 2.59. The first kappa shape index (κ1) is 34.8. The summed E-state index contributed by atoms with van der Waals surface area (Å²) in [5.74, 6) is -5.64. The Morgan fingerprint density at radius 1 is 0.976 bits per heavy atom. The number of carbonyl (C=O) groups excluding carboxylic acids is 1. The number of rotatable bonds is 11. The van der Waals surface area contributed by atoms with Crippen LogP contribution < -0.4 is 5.32 Å². The van der Waals surface area contributed by atoms with Crippen molar-refractivity contribution in [1.82, 2.24) is 5.32 Å². The van der Waals surface area contributed by atoms with Crippen LogP contribution in [0.15, 0.2) is 0 Å². The minimum absolute atomic E-state index is 0.367. The quantitative estimate of drug-likeness (QED) is 0.102. The van der Waals surface area contributed by atoms with E-state index in [1.54, 1.807) is 0 Å². The summed E-state index contributed by atoms with van der Waals surface area (Å²) in [5.41, 5.74) is 0. The van der Waals surface area contributed by atoms with E-state index in [9.17, 15) is 65.8 Å². The van der Waals surface area contributed by atoms with Crippen LogP contribution in [0.4, 0.5) is 0 Å². The molecule has 3 saturated heterocycles. The van der Waals surface area contributed by atoms with Gasteiger partial charge in [-0.2, -0.15) is 0 Å². The van der Waals surface area contributed by atoms with Crippen molar-refractivity contribution in [2.45, 2.75) is 111 Å². The lowest BCUT2D eigenvalue weighted by Crippen LogP contribution is -2.70. The molecule has 0 aliphatic carbocycles. The predicted octanol–water partition coefficient (Wildman–Crippen LogP) is -7.19. The van der Waals surface area contributed by atoms with E-state index in [1.807, 2.05) is 0 Å². The molecule has 12 N–H and O–H groups in total. The molecule has 0 aromatic carbocycles. The average molecular weight is 618 g/mol. The van der Waals surface area contributed by atoms with Crippen molar-refractivity contribution in [3.63, 3.8) is 0 Å². The maximum absolute atomic E-state index is 12.5. The molecule has 1 amide bonds. The van der Waals surface area contributed by atoms with E-state index >= 15 is 0 Å². The summed E-state index contributed by atoms with van der Waals surface area (Å²) >= 11 is 0. The van der Waals surface area contributed by atoms with Gasteiger partial charge in [-0.1, -0.05) is 0 Å². The first-order valence-corrected chi connectivity index (χ1v) is 13.1. The van der Waals surface area contributed by atoms with E-state index in [2.05, 4.69) is 5.32 Å². The van der Waals surface area contributed by atoms with Crippen LogP contribution in [0, 0.1) is 0 Å². The highest BCUT2D eigenvalue weighted by molar-refractivity contribution is 5.76. The van der Waals surface area contributed by atoms with Crippen LogP contribution in [-0.4, -0.2) is 179 Å². The number of hydrogen-bond donors (Lipinski definition) is 12. The van der Waals surface area contributed by atoms with Crippen LogP contribution in [-0.2, 0) is 33.3 Å². The molecular weight excluding hydrogens is 578 g/mol. The molecule has 15 atom stereocenters. The summed E-state index contributed by atoms with van der Waals surface area (Å²) in [5, 5.41) is 114. The smallest absolute Gasteiger partial charge is 0.364 e. The summed E-state index contributed by atoms with van der Waals surface area (Å²) in [4.78, 5) is 24.3. The van der Waals surface area contributed by atoms with Gasteiger partial charge in [-0.05, 0) is 0 Å². The Morgan fingerprint density at radius 3 is 2.14 bits per heavy atom. The van der Waals surface area contributed by atoms with Gasteiger partial charge in [-0.25, -0.2) is 4.79 Å². The molecule has 3 fully saturated rings. The molecule has 3 aliphatic rings. The van der Waals surface area contributed by atoms with Gasteiger partial charge in [0.1, 0.15) is 54.9 Å². The average Bonchev–Trinajstić information content (AvgIpc) is 2.94. The second kappa shape index (κ2) is 14.4. The molecule has 3 aliphatic heterocycles. The fraction of sp³-hybridized carbons (Fsp3) is 0.913. The lowest BCUT2D eigenvalue weighted by atomic mass is 9.88. The Labute approximate surface area is 238 Å². The van der Waals surface area contributed by atoms with Crippen molar-refractivity contribution >= 4 is 11.9 Å². The van der Waals surface area contributed by atoms with Crippen molar-refractivity contribution in [3.8, 4) is 0 Å². The van der Waals surface area contributed by atoms with Crippen LogP contribution in [0.3, 0.4) is 0 Å². The molecule has 3 rings (SSSR count). The molecule has 0 unspecified atom stereocenters. The molecule has 0 aromatic rings. The third-order valence-corrected chi connectivity index (χ3v) is 7.35. The van der Waals surface area contributed by atoms with Gasteiger partial charge in [0.15, 0.2) is 12.6 Å². The van der Waals surface area contributed by atoms with Gasteiger partial charge in [-0.15, -0.1) is 0 Å². The van der Waals surface area contributed by atoms with E-state index < -0.39 is 130 Å². The second-order valence-electron chi connectivity index (χ2n) is 10.4. The Hall–Kier alpha value is -1.66. The van der Waals surface area contributed by atoms with Crippen LogP contribution in [0.2, 0.25) is 0 Å². The molecule has 0 spiro atoms. The number of aliphatic hydroxyl groups excluding tert-OH is 10. The first-order valence-electron chi connectivity index (χ1n) is 13.1. The molecule has 0 radical (unpaired) electrons. The van der Waals surface area contributed by atoms with Gasteiger partial charge in [0, 0.05) is 19.8 Å². The van der Waals surface area contributed by atoms with E-state index in [0.717, 1.165) is 6.92 Å². The number of carbonyl (C=O) groups is 2. The highest BCUT2D eigenvalue weighted by atomic mass is 16.8. The second-order valence-corrected chi connectivity index (χ2v) is 10.4. The summed E-state index contributed by atoms with van der Waals surface area (Å²) in [6.45, 7) is -1.60. The number of hydrogen-bond acceptors (Lipinski definition) is 17. The largest absolute Gasteiger partial charge is 0.477 e. The standard InChI is InChI=1S/C23H39NO18/c1-7(28)24-14-8(29)3-23(22(36)37,41-19(14)15(32)9(30)4-25)42-20-17(34)12(6-27)40-21(18(20)35)39-10-2-13(31)38-11(5-26)16(10)33/h8-21,25-27,29-35H,2-6H2,1H3,(H,24,28)(H,36,37)/t8-,9+,10+,11+,12+,13-,14+,15+,16+,17-,18+,19+,20-,21+,23-/m0/s1. The van der Waals surface area contributed by atoms with Gasteiger partial charge >= 0.3 is 5.97 Å². The molecule has 19 nitrogen and oxygen atoms in total. The van der Waals surface area contributed by atoms with Crippen LogP contribution >= 0.6 is 0 Å². The minimum Gasteiger partial charge on any atom is -0.477 e. The third-order valence-electron chi connectivity index (χ3n) is 7.35. The SMILES string of the molecule is CC(=O)N[C@H]1[C@H]([C@H](O)[C@H](O)CO)O[C@@](O[C@H]2[C@@H](O)[C@@H](CO)O[C@@H](O[C@@H]3C[C@@H](O)O[C@H](CO)[C@@H]3O)[C@@H]2O)(C(=O)O)C[C@@H]1O. The Morgan fingerprint density at radius 2 is 1.60 bits per heavy atom. The number of nitrogens with one attached hydrogen (secondary N) is 1. The fourth-order valence-corrected chi connectivity index (χ4v) is 5.15. The topological polar surface area (TPSA) is 315 Å². The minimum atomic E-state index is -2.97. The Balaban J connectivity index is 1.92. The zero-order valence-electron chi connectivity index (χ0n) is 22.4. The molecule has 244 valence electrons. The predicted molar refractivity (Wildman–Crippen MR) is 129 cm³/mol. The first-order chi connectivity index (χ1) is 19.7. The monoisotopic (exact) mass is 617 g/mol. The lowest BCUT2D eigenvalue weighted by Gasteiger charge is -2.50. The van der Waals surface area contributed by atoms with Crippen molar-refractivity contribution in [2.24, 2.45) is 0 Å². The summed E-state index contributed by atoms with van der Waals surface area (Å²) in [7, 11) is 0. The zero-order chi connectivity index (χ0) is 31.5. The molecule has 0 aromatic heterocycles. The number of ether oxygens (including phenoxy) is 5. The van der Waals surface area contributed by atoms with Crippen molar-refractivity contribution < 1.29 is 89.4 Å². The molecule has 42 heavy (non-hydrogen) atoms. The Kier molecular flexibility index (Phi) is 12.0. The van der Waals surface area contributed by atoms with Gasteiger partial charge in [0.05, 0.1) is 38.1 Å². The number of aliphatic hydroxyl groups is 10. The zero-order valence-corrected chi connectivity index (χ0v) is 22.4. The van der Waals surface area contributed by atoms with Crippen LogP contribution in [0.1, 0.15) is 19.8 Å². The Bertz CT molecular complexity index is 913. The third kappa shape index (κ3) is 7.34. The maximum atomic E-state index is 12.5. The van der Waals surface area contributed by atoms with Gasteiger partial charge in [0.25, 0.3) is 5.79 Å². The number of carboxylic acid groups (broad SMARTS) is 1. The number of aliphatic carboxylic acids is 1. The molecule has 0 bridgehead atoms. The number of carboxylic acids is 1. The van der Waals surface area contributed by atoms with Gasteiger partial charge in [0.2, 0.25) is 5.91 Å².